The molecular weight excluding hydrogens is 1210 g/mol. The fourth-order valence-corrected chi connectivity index (χ4v) is 18.6. The molecule has 0 aromatic heterocycles. The molecule has 2 unspecified atom stereocenters. The van der Waals surface area contributed by atoms with Crippen LogP contribution in [-0.2, 0) is 61.6 Å². The number of esters is 1. The van der Waals surface area contributed by atoms with Gasteiger partial charge in [-0.1, -0.05) is 128 Å². The Hall–Kier alpha value is -5.34. The van der Waals surface area contributed by atoms with Crippen molar-refractivity contribution in [3.8, 4) is 0 Å². The maximum atomic E-state index is 14.0. The Labute approximate surface area is 490 Å². The quantitative estimate of drug-likeness (QED) is 0.0441. The number of nitrogens with zero attached hydrogens (tertiary/aromatic N) is 1. The second-order valence-electron chi connectivity index (χ2n) is 21.5. The number of carbonyl (C=O) groups is 1. The van der Waals surface area contributed by atoms with Gasteiger partial charge >= 0.3 is 27.7 Å². The van der Waals surface area contributed by atoms with Crippen LogP contribution in [0.3, 0.4) is 0 Å². The average Bonchev–Trinajstić information content (AvgIpc) is 0.840. The number of rotatable bonds is 14. The number of carbonyl (C=O) groups excluding carboxylic acids is 1. The Morgan fingerprint density at radius 2 is 0.774 bits per heavy atom. The predicted molar refractivity (Wildman–Crippen MR) is 300 cm³/mol. The fraction of sp³-hybridized carbons (Fsp3) is 0.383. The Kier molecular flexibility index (Phi) is 20.3. The van der Waals surface area contributed by atoms with Crippen molar-refractivity contribution in [3.05, 3.63) is 182 Å². The molecule has 12 rings (SSSR count). The number of benzene rings is 6. The van der Waals surface area contributed by atoms with Gasteiger partial charge in [-0.2, -0.15) is 39.4 Å². The van der Waals surface area contributed by atoms with E-state index >= 15 is 0 Å². The lowest BCUT2D eigenvalue weighted by atomic mass is 9.54. The van der Waals surface area contributed by atoms with Gasteiger partial charge in [0.1, 0.15) is 5.60 Å². The van der Waals surface area contributed by atoms with E-state index in [2.05, 4.69) is 182 Å². The Bertz CT molecular complexity index is 3140. The number of alkyl halides is 8. The molecule has 11 nitrogen and oxygen atoms in total. The zero-order valence-corrected chi connectivity index (χ0v) is 49.1. The Morgan fingerprint density at radius 1 is 0.464 bits per heavy atom. The molecule has 0 spiro atoms. The lowest BCUT2D eigenvalue weighted by Gasteiger charge is -2.55. The van der Waals surface area contributed by atoms with Crippen LogP contribution in [0.5, 0.6) is 0 Å². The van der Waals surface area contributed by atoms with Crippen LogP contribution in [0.4, 0.5) is 35.1 Å². The average molecular weight is 1270 g/mol. The maximum Gasteiger partial charge on any atom is 0.428 e. The van der Waals surface area contributed by atoms with E-state index in [1.54, 1.807) is 0 Å². The third-order valence-electron chi connectivity index (χ3n) is 15.7. The molecule has 0 amide bonds. The number of sulfonamides is 1. The van der Waals surface area contributed by atoms with Crippen LogP contribution in [0.1, 0.15) is 70.6 Å². The van der Waals surface area contributed by atoms with Gasteiger partial charge in [0.2, 0.25) is 0 Å². The molecule has 452 valence electrons. The Morgan fingerprint density at radius 3 is 1.07 bits per heavy atom. The molecule has 6 aromatic carbocycles. The standard InChI is InChI=1S/2C18H15S.C12H17F6NO5S2.C12H16F2O5S/c2*1-4-10-16(11-5-1)19(17-12-6-2-7-13-17)18-14-8-3-9-15-18;13-10(14,12(17,18)26(22,23)24)11(15,16)25(20,21)19-6-5-8-3-1-2-4-9(8)7-19;13-12(14,20(16,17)18)10(15)19-11-4-7-1-8(5-11)3-9(2-7)6-11/h2*1-15H;8-9H,1-7H2,(H,22,23,24);7-9H,1-6H2,(H,16,17,18)/q2*+1;;/p-2. The van der Waals surface area contributed by atoms with Crippen molar-refractivity contribution in [1.29, 1.82) is 0 Å². The second-order valence-corrected chi connectivity index (χ2v) is 30.3. The first-order valence-electron chi connectivity index (χ1n) is 27.0. The summed E-state index contributed by atoms with van der Waals surface area (Å²) in [6.07, 6.45) is 7.40. The summed E-state index contributed by atoms with van der Waals surface area (Å²) < 4.78 is 199. The molecule has 0 radical (unpaired) electrons. The Balaban J connectivity index is 0.000000147. The third kappa shape index (κ3) is 14.2. The zero-order valence-electron chi connectivity index (χ0n) is 45.0. The number of halogens is 8. The van der Waals surface area contributed by atoms with E-state index in [1.165, 1.54) is 29.4 Å². The monoisotopic (exact) mass is 1270 g/mol. The van der Waals surface area contributed by atoms with Gasteiger partial charge in [0.25, 0.3) is 10.0 Å². The normalized spacial score (nSPS) is 22.7. The number of fused-ring (bicyclic) bond motifs is 1. The molecular formula is C60H61F8NO10S5. The predicted octanol–water partition coefficient (Wildman–Crippen LogP) is 13.4. The summed E-state index contributed by atoms with van der Waals surface area (Å²) in [5, 5.41) is -18.3. The number of ether oxygens (including phenoxy) is 1. The zero-order chi connectivity index (χ0) is 60.8. The van der Waals surface area contributed by atoms with Crippen molar-refractivity contribution >= 4 is 58.0 Å². The highest BCUT2D eigenvalue weighted by molar-refractivity contribution is 7.97. The minimum Gasteiger partial charge on any atom is -0.743 e. The van der Waals surface area contributed by atoms with Crippen LogP contribution in [0.25, 0.3) is 0 Å². The summed E-state index contributed by atoms with van der Waals surface area (Å²) in [5.41, 5.74) is -0.986. The van der Waals surface area contributed by atoms with Crippen LogP contribution in [-0.4, -0.2) is 85.0 Å². The van der Waals surface area contributed by atoms with E-state index in [1.807, 2.05) is 0 Å². The number of hydrogen-bond acceptors (Lipinski definition) is 10. The van der Waals surface area contributed by atoms with E-state index in [9.17, 15) is 74.3 Å². The smallest absolute Gasteiger partial charge is 0.428 e. The van der Waals surface area contributed by atoms with Gasteiger partial charge in [-0.25, -0.2) is 30.0 Å². The van der Waals surface area contributed by atoms with Crippen molar-refractivity contribution in [3.63, 3.8) is 0 Å². The summed E-state index contributed by atoms with van der Waals surface area (Å²) in [7, 11) is -19.7. The van der Waals surface area contributed by atoms with Crippen molar-refractivity contribution in [2.24, 2.45) is 29.6 Å². The molecule has 24 heteroatoms. The third-order valence-corrected chi connectivity index (χ3v) is 23.7. The largest absolute Gasteiger partial charge is 0.743 e. The van der Waals surface area contributed by atoms with Crippen molar-refractivity contribution in [2.45, 2.75) is 127 Å². The lowest BCUT2D eigenvalue weighted by Crippen LogP contribution is -2.64. The van der Waals surface area contributed by atoms with Gasteiger partial charge in [0, 0.05) is 13.1 Å². The fourth-order valence-electron chi connectivity index (χ4n) is 12.1. The SMILES string of the molecule is O=C(OC12CC3CC(CC(C3)C1)C2)C(F)(F)S(=O)(=O)[O-].O=S(=O)([O-])C(F)(F)C(F)(F)C(F)(F)S(=O)(=O)N1CCC2CCCCC2C1.c1ccc([S+](c2ccccc2)c2ccccc2)cc1.c1ccc([S+](c2ccccc2)c2ccccc2)cc1. The van der Waals surface area contributed by atoms with E-state index in [4.69, 9.17) is 4.74 Å². The van der Waals surface area contributed by atoms with Gasteiger partial charge < -0.3 is 13.8 Å². The van der Waals surface area contributed by atoms with Gasteiger partial charge in [-0.3, -0.25) is 0 Å². The molecule has 2 atom stereocenters. The van der Waals surface area contributed by atoms with E-state index in [0.29, 0.717) is 49.9 Å². The molecule has 84 heavy (non-hydrogen) atoms. The van der Waals surface area contributed by atoms with Crippen LogP contribution >= 0.6 is 0 Å². The highest BCUT2D eigenvalue weighted by Crippen LogP contribution is 2.58. The molecule has 0 N–H and O–H groups in total. The molecule has 5 aliphatic carbocycles. The molecule has 6 aliphatic rings. The molecule has 1 saturated heterocycles. The summed E-state index contributed by atoms with van der Waals surface area (Å²) in [6, 6.07) is 64.3. The first kappa shape index (κ1) is 64.7. The van der Waals surface area contributed by atoms with Crippen LogP contribution in [0.15, 0.2) is 211 Å². The number of hydrogen-bond donors (Lipinski definition) is 0. The van der Waals surface area contributed by atoms with Crippen LogP contribution < -0.4 is 0 Å². The van der Waals surface area contributed by atoms with E-state index in [0.717, 1.165) is 32.1 Å². The molecule has 4 bridgehead atoms. The van der Waals surface area contributed by atoms with Gasteiger partial charge in [-0.15, -0.1) is 0 Å². The summed E-state index contributed by atoms with van der Waals surface area (Å²) in [4.78, 5) is 19.6. The molecule has 1 heterocycles. The van der Waals surface area contributed by atoms with Crippen LogP contribution in [0.2, 0.25) is 0 Å². The minimum atomic E-state index is -7.25. The van der Waals surface area contributed by atoms with Gasteiger partial charge in [0.05, 0.1) is 21.8 Å². The van der Waals surface area contributed by atoms with Gasteiger partial charge in [-0.05, 0) is 154 Å². The molecule has 1 aliphatic heterocycles. The van der Waals surface area contributed by atoms with E-state index in [-0.39, 0.29) is 44.4 Å². The molecule has 5 saturated carbocycles. The summed E-state index contributed by atoms with van der Waals surface area (Å²) >= 11 is 0. The first-order chi connectivity index (χ1) is 39.6. The highest BCUT2D eigenvalue weighted by atomic mass is 32.2. The highest BCUT2D eigenvalue weighted by Gasteiger charge is 2.81. The lowest BCUT2D eigenvalue weighted by molar-refractivity contribution is -0.247. The van der Waals surface area contributed by atoms with Crippen LogP contribution in [0, 0.1) is 29.6 Å². The second kappa shape index (κ2) is 26.3. The number of piperidine rings is 1. The van der Waals surface area contributed by atoms with Gasteiger partial charge in [0.15, 0.2) is 49.6 Å². The first-order valence-corrected chi connectivity index (χ1v) is 33.7. The molecule has 6 aromatic rings. The van der Waals surface area contributed by atoms with E-state index < -0.39 is 76.6 Å². The van der Waals surface area contributed by atoms with Crippen molar-refractivity contribution < 1.29 is 79.0 Å². The van der Waals surface area contributed by atoms with Crippen molar-refractivity contribution in [2.75, 3.05) is 13.1 Å². The summed E-state index contributed by atoms with van der Waals surface area (Å²) in [5.74, 6) is -8.45. The maximum absolute atomic E-state index is 14.0. The van der Waals surface area contributed by atoms with Crippen molar-refractivity contribution in [1.82, 2.24) is 4.31 Å². The topological polar surface area (TPSA) is 178 Å². The summed E-state index contributed by atoms with van der Waals surface area (Å²) in [6.45, 7) is -1.13. The minimum absolute atomic E-state index is 0.0130. The molecule has 6 fully saturated rings.